The van der Waals surface area contributed by atoms with Crippen LogP contribution in [0.5, 0.6) is 0 Å². The first-order chi connectivity index (χ1) is 27.1. The fraction of sp³-hybridized carbons (Fsp3) is 0.907. The molecule has 2 N–H and O–H groups in total. The average Bonchev–Trinajstić information content (AvgIpc) is 3.05. The fourth-order valence-corrected chi connectivity index (χ4v) is 6.87. The minimum Gasteiger partial charge on any atom is -0.444 e. The molecule has 0 heterocycles. The summed E-state index contributed by atoms with van der Waals surface area (Å²) < 4.78 is 50.2. The van der Waals surface area contributed by atoms with E-state index in [9.17, 15) is 27.6 Å². The van der Waals surface area contributed by atoms with Gasteiger partial charge in [-0.3, -0.25) is 0 Å². The third-order valence-corrected chi connectivity index (χ3v) is 9.85. The molecule has 0 bridgehead atoms. The van der Waals surface area contributed by atoms with Crippen molar-refractivity contribution >= 4 is 34.4 Å². The SMILES string of the molecule is CCCCCCCCCCS(=O)(=O)NCCCN(CCCN(CCCCN(CCCNC(=O)OC(C)(C)C)C(=O)OC(C)(C)C)C(=O)OC(C)(C)C)C(=O)OC(C)(C)C. The standard InChI is InChI=1S/C43H85N5O10S/c1-14-15-16-17-18-19-20-23-35-59(53,54)45-28-25-32-48(39(52)58-43(11,12)13)34-26-33-47(38(51)57-42(8,9)10)30-22-21-29-46(37(50)56-41(5,6)7)31-24-27-44-36(49)55-40(2,3)4/h45H,14-35H2,1-13H3,(H,44,49). The number of hydrogen-bond acceptors (Lipinski definition) is 10. The van der Waals surface area contributed by atoms with Gasteiger partial charge in [0.25, 0.3) is 0 Å². The van der Waals surface area contributed by atoms with Crippen molar-refractivity contribution < 1.29 is 46.5 Å². The van der Waals surface area contributed by atoms with Crippen molar-refractivity contribution in [1.82, 2.24) is 24.7 Å². The molecule has 0 aromatic rings. The number of rotatable bonds is 27. The van der Waals surface area contributed by atoms with Gasteiger partial charge in [-0.2, -0.15) is 0 Å². The Morgan fingerprint density at radius 2 is 0.780 bits per heavy atom. The van der Waals surface area contributed by atoms with E-state index in [1.807, 2.05) is 0 Å². The van der Waals surface area contributed by atoms with Gasteiger partial charge in [0.1, 0.15) is 22.4 Å². The van der Waals surface area contributed by atoms with Crippen molar-refractivity contribution in [3.05, 3.63) is 0 Å². The zero-order chi connectivity index (χ0) is 45.3. The van der Waals surface area contributed by atoms with Crippen LogP contribution < -0.4 is 10.0 Å². The predicted octanol–water partition coefficient (Wildman–Crippen LogP) is 9.23. The smallest absolute Gasteiger partial charge is 0.410 e. The third kappa shape index (κ3) is 33.4. The van der Waals surface area contributed by atoms with Crippen molar-refractivity contribution in [3.8, 4) is 0 Å². The lowest BCUT2D eigenvalue weighted by Crippen LogP contribution is -2.42. The first-order valence-electron chi connectivity index (χ1n) is 22.0. The van der Waals surface area contributed by atoms with Crippen LogP contribution in [0.3, 0.4) is 0 Å². The molecule has 0 aromatic heterocycles. The first kappa shape index (κ1) is 56.0. The van der Waals surface area contributed by atoms with E-state index in [4.69, 9.17) is 18.9 Å². The molecule has 0 fully saturated rings. The van der Waals surface area contributed by atoms with E-state index in [2.05, 4.69) is 17.0 Å². The Labute approximate surface area is 358 Å². The molecule has 0 saturated heterocycles. The molecule has 0 radical (unpaired) electrons. The Morgan fingerprint density at radius 1 is 0.441 bits per heavy atom. The number of nitrogens with zero attached hydrogens (tertiary/aromatic N) is 3. The molecule has 0 unspecified atom stereocenters. The van der Waals surface area contributed by atoms with Crippen molar-refractivity contribution in [3.63, 3.8) is 0 Å². The maximum atomic E-state index is 13.3. The molecule has 0 rings (SSSR count). The van der Waals surface area contributed by atoms with Crippen LogP contribution in [-0.2, 0) is 29.0 Å². The molecule has 0 spiro atoms. The Balaban J connectivity index is 5.40. The highest BCUT2D eigenvalue weighted by Gasteiger charge is 2.26. The monoisotopic (exact) mass is 864 g/mol. The molecular formula is C43H85N5O10S. The second kappa shape index (κ2) is 27.8. The molecule has 0 aliphatic carbocycles. The molecule has 0 atom stereocenters. The van der Waals surface area contributed by atoms with Crippen molar-refractivity contribution in [1.29, 1.82) is 0 Å². The summed E-state index contributed by atoms with van der Waals surface area (Å²) in [4.78, 5) is 56.5. The molecule has 4 amide bonds. The number of carbonyl (C=O) groups excluding carboxylic acids is 4. The number of alkyl carbamates (subject to hydrolysis) is 1. The summed E-state index contributed by atoms with van der Waals surface area (Å²) in [5.41, 5.74) is -2.75. The Bertz CT molecular complexity index is 1320. The van der Waals surface area contributed by atoms with E-state index in [0.717, 1.165) is 19.3 Å². The van der Waals surface area contributed by atoms with Crippen LogP contribution in [0.15, 0.2) is 0 Å². The minimum atomic E-state index is -3.42. The van der Waals surface area contributed by atoms with Gasteiger partial charge in [-0.1, -0.05) is 51.9 Å². The van der Waals surface area contributed by atoms with E-state index < -0.39 is 56.8 Å². The van der Waals surface area contributed by atoms with Crippen molar-refractivity contribution in [2.75, 3.05) is 58.1 Å². The van der Waals surface area contributed by atoms with E-state index >= 15 is 0 Å². The number of ether oxygens (including phenoxy) is 4. The number of hydrogen-bond donors (Lipinski definition) is 2. The quantitative estimate of drug-likeness (QED) is 0.0599. The second-order valence-corrected chi connectivity index (χ2v) is 21.2. The zero-order valence-corrected chi connectivity index (χ0v) is 40.2. The highest BCUT2D eigenvalue weighted by atomic mass is 32.2. The van der Waals surface area contributed by atoms with Gasteiger partial charge in [-0.25, -0.2) is 32.3 Å². The summed E-state index contributed by atoms with van der Waals surface area (Å²) in [7, 11) is -3.42. The van der Waals surface area contributed by atoms with Crippen LogP contribution in [-0.4, -0.2) is 128 Å². The van der Waals surface area contributed by atoms with Gasteiger partial charge in [-0.05, 0) is 122 Å². The summed E-state index contributed by atoms with van der Waals surface area (Å²) in [5, 5.41) is 2.72. The molecule has 15 nitrogen and oxygen atoms in total. The number of carbonyl (C=O) groups is 4. The predicted molar refractivity (Wildman–Crippen MR) is 235 cm³/mol. The maximum Gasteiger partial charge on any atom is 0.410 e. The van der Waals surface area contributed by atoms with Crippen LogP contribution in [0.4, 0.5) is 19.2 Å². The van der Waals surface area contributed by atoms with Crippen LogP contribution in [0.1, 0.15) is 173 Å². The molecule has 16 heteroatoms. The van der Waals surface area contributed by atoms with Gasteiger partial charge in [0.2, 0.25) is 10.0 Å². The Hall–Kier alpha value is -3.01. The lowest BCUT2D eigenvalue weighted by molar-refractivity contribution is 0.0181. The minimum absolute atomic E-state index is 0.0879. The largest absolute Gasteiger partial charge is 0.444 e. The zero-order valence-electron chi connectivity index (χ0n) is 39.4. The topological polar surface area (TPSA) is 173 Å². The van der Waals surface area contributed by atoms with Gasteiger partial charge >= 0.3 is 24.4 Å². The Morgan fingerprint density at radius 3 is 1.17 bits per heavy atom. The summed E-state index contributed by atoms with van der Waals surface area (Å²) in [6, 6.07) is 0. The summed E-state index contributed by atoms with van der Waals surface area (Å²) in [5.74, 6) is 0.0879. The second-order valence-electron chi connectivity index (χ2n) is 19.3. The Kier molecular flexibility index (Phi) is 26.3. The molecule has 0 saturated carbocycles. The van der Waals surface area contributed by atoms with E-state index in [1.165, 1.54) is 25.7 Å². The van der Waals surface area contributed by atoms with Crippen molar-refractivity contribution in [2.45, 2.75) is 196 Å². The number of unbranched alkanes of at least 4 members (excludes halogenated alkanes) is 8. The fourth-order valence-electron chi connectivity index (χ4n) is 5.69. The van der Waals surface area contributed by atoms with Gasteiger partial charge in [0.15, 0.2) is 0 Å². The van der Waals surface area contributed by atoms with Crippen LogP contribution >= 0.6 is 0 Å². The average molecular weight is 864 g/mol. The van der Waals surface area contributed by atoms with E-state index in [-0.39, 0.29) is 25.4 Å². The van der Waals surface area contributed by atoms with Gasteiger partial charge in [-0.15, -0.1) is 0 Å². The first-order valence-corrected chi connectivity index (χ1v) is 23.7. The van der Waals surface area contributed by atoms with E-state index in [1.54, 1.807) is 97.8 Å². The highest BCUT2D eigenvalue weighted by molar-refractivity contribution is 7.89. The van der Waals surface area contributed by atoms with Gasteiger partial charge in [0.05, 0.1) is 5.75 Å². The summed E-state index contributed by atoms with van der Waals surface area (Å²) in [6.07, 6.45) is 9.04. The van der Waals surface area contributed by atoms with Gasteiger partial charge in [0, 0.05) is 52.4 Å². The normalized spacial score (nSPS) is 12.4. The summed E-state index contributed by atoms with van der Waals surface area (Å²) >= 11 is 0. The molecule has 0 aromatic carbocycles. The molecule has 0 aliphatic heterocycles. The molecular weight excluding hydrogens is 779 g/mol. The molecule has 0 aliphatic rings. The van der Waals surface area contributed by atoms with Gasteiger partial charge < -0.3 is 39.0 Å². The van der Waals surface area contributed by atoms with Crippen LogP contribution in [0.25, 0.3) is 0 Å². The highest BCUT2D eigenvalue weighted by Crippen LogP contribution is 2.16. The van der Waals surface area contributed by atoms with E-state index in [0.29, 0.717) is 71.2 Å². The number of amides is 4. The lowest BCUT2D eigenvalue weighted by atomic mass is 10.1. The summed E-state index contributed by atoms with van der Waals surface area (Å²) in [6.45, 7) is 26.2. The van der Waals surface area contributed by atoms with Crippen LogP contribution in [0, 0.1) is 0 Å². The number of nitrogens with one attached hydrogen (secondary N) is 2. The third-order valence-electron chi connectivity index (χ3n) is 8.38. The molecule has 348 valence electrons. The number of sulfonamides is 1. The van der Waals surface area contributed by atoms with Crippen LogP contribution in [0.2, 0.25) is 0 Å². The molecule has 59 heavy (non-hydrogen) atoms. The maximum absolute atomic E-state index is 13.3. The lowest BCUT2D eigenvalue weighted by Gasteiger charge is -2.30. The van der Waals surface area contributed by atoms with Crippen molar-refractivity contribution in [2.24, 2.45) is 0 Å².